The van der Waals surface area contributed by atoms with Crippen LogP contribution in [0.15, 0.2) is 11.9 Å². The molecular formula is C9H15N2O2P. The van der Waals surface area contributed by atoms with Gasteiger partial charge in [0, 0.05) is 6.04 Å². The van der Waals surface area contributed by atoms with E-state index in [2.05, 4.69) is 6.58 Å². The van der Waals surface area contributed by atoms with Gasteiger partial charge >= 0.3 is 7.52 Å². The fourth-order valence-corrected chi connectivity index (χ4v) is 3.45. The van der Waals surface area contributed by atoms with Crippen LogP contribution in [0.5, 0.6) is 0 Å². The van der Waals surface area contributed by atoms with Gasteiger partial charge in [-0.1, -0.05) is 20.4 Å². The van der Waals surface area contributed by atoms with Crippen molar-refractivity contribution in [1.29, 1.82) is 5.26 Å². The topological polar surface area (TPSA) is 53.3 Å². The monoisotopic (exact) mass is 214 g/mol. The lowest BCUT2D eigenvalue weighted by Gasteiger charge is -2.24. The number of hydrogen-bond donors (Lipinski definition) is 0. The standard InChI is InChI=1S/C9H15N2O2P/c1-7(2)9-6-13-14(12,11(9)4)8(3)5-10/h7,9H,3,6H2,1-2,4H3. The van der Waals surface area contributed by atoms with E-state index in [0.29, 0.717) is 12.5 Å². The molecule has 1 fully saturated rings. The highest BCUT2D eigenvalue weighted by Gasteiger charge is 2.44. The number of nitrogens with zero attached hydrogens (tertiary/aromatic N) is 2. The maximum Gasteiger partial charge on any atom is 0.312 e. The number of rotatable bonds is 2. The van der Waals surface area contributed by atoms with Crippen LogP contribution in [-0.4, -0.2) is 24.4 Å². The molecule has 1 rings (SSSR count). The first-order valence-corrected chi connectivity index (χ1v) is 6.08. The third kappa shape index (κ3) is 1.64. The minimum absolute atomic E-state index is 0.0307. The van der Waals surface area contributed by atoms with Crippen molar-refractivity contribution < 1.29 is 9.09 Å². The third-order valence-electron chi connectivity index (χ3n) is 2.56. The predicted octanol–water partition coefficient (Wildman–Crippen LogP) is 2.20. The second-order valence-corrected chi connectivity index (χ2v) is 6.23. The van der Waals surface area contributed by atoms with Crippen LogP contribution in [0, 0.1) is 17.2 Å². The van der Waals surface area contributed by atoms with Gasteiger partial charge in [0.2, 0.25) is 0 Å². The Hall–Kier alpha value is -0.620. The van der Waals surface area contributed by atoms with Crippen molar-refractivity contribution in [3.8, 4) is 6.07 Å². The molecule has 0 aromatic rings. The van der Waals surface area contributed by atoms with E-state index in [0.717, 1.165) is 0 Å². The summed E-state index contributed by atoms with van der Waals surface area (Å²) in [4.78, 5) is 0. The molecule has 2 atom stereocenters. The number of nitriles is 1. The van der Waals surface area contributed by atoms with Crippen LogP contribution in [0.25, 0.3) is 0 Å². The number of hydrogen-bond acceptors (Lipinski definition) is 3. The fourth-order valence-electron chi connectivity index (χ4n) is 1.53. The molecule has 2 unspecified atom stereocenters. The Bertz CT molecular complexity index is 332. The molecule has 0 aromatic heterocycles. The minimum atomic E-state index is -3.08. The molecule has 0 saturated carbocycles. The van der Waals surface area contributed by atoms with Crippen molar-refractivity contribution >= 4 is 7.52 Å². The first-order valence-electron chi connectivity index (χ1n) is 4.51. The molecule has 5 heteroatoms. The highest BCUT2D eigenvalue weighted by atomic mass is 31.2. The van der Waals surface area contributed by atoms with E-state index in [1.54, 1.807) is 11.7 Å². The molecule has 1 aliphatic heterocycles. The van der Waals surface area contributed by atoms with Crippen LogP contribution < -0.4 is 0 Å². The molecule has 4 nitrogen and oxygen atoms in total. The second-order valence-electron chi connectivity index (χ2n) is 3.76. The molecule has 0 aliphatic carbocycles. The van der Waals surface area contributed by atoms with E-state index >= 15 is 0 Å². The molecule has 78 valence electrons. The van der Waals surface area contributed by atoms with Crippen molar-refractivity contribution in [1.82, 2.24) is 4.67 Å². The van der Waals surface area contributed by atoms with E-state index in [1.807, 2.05) is 19.9 Å². The molecule has 0 N–H and O–H groups in total. The highest BCUT2D eigenvalue weighted by Crippen LogP contribution is 2.61. The third-order valence-corrected chi connectivity index (χ3v) is 4.96. The fraction of sp³-hybridized carbons (Fsp3) is 0.667. The molecule has 1 heterocycles. The van der Waals surface area contributed by atoms with E-state index in [4.69, 9.17) is 9.79 Å². The molecule has 1 saturated heterocycles. The van der Waals surface area contributed by atoms with Crippen molar-refractivity contribution in [2.24, 2.45) is 5.92 Å². The van der Waals surface area contributed by atoms with Gasteiger partial charge in [0.1, 0.15) is 11.4 Å². The Morgan fingerprint density at radius 1 is 1.79 bits per heavy atom. The molecule has 0 bridgehead atoms. The van der Waals surface area contributed by atoms with Crippen LogP contribution in [0.2, 0.25) is 0 Å². The van der Waals surface area contributed by atoms with Crippen molar-refractivity contribution in [2.75, 3.05) is 13.7 Å². The Balaban J connectivity index is 2.93. The summed E-state index contributed by atoms with van der Waals surface area (Å²) < 4.78 is 19.1. The van der Waals surface area contributed by atoms with Crippen molar-refractivity contribution in [2.45, 2.75) is 19.9 Å². The summed E-state index contributed by atoms with van der Waals surface area (Å²) in [5.41, 5.74) is 0. The molecule has 0 spiro atoms. The maximum atomic E-state index is 12.2. The van der Waals surface area contributed by atoms with E-state index in [-0.39, 0.29) is 11.4 Å². The summed E-state index contributed by atoms with van der Waals surface area (Å²) in [5.74, 6) is 0.349. The Morgan fingerprint density at radius 2 is 2.36 bits per heavy atom. The number of allylic oxidation sites excluding steroid dienone is 1. The quantitative estimate of drug-likeness (QED) is 0.522. The normalized spacial score (nSPS) is 33.2. The average molecular weight is 214 g/mol. The van der Waals surface area contributed by atoms with Crippen LogP contribution in [0.4, 0.5) is 0 Å². The van der Waals surface area contributed by atoms with Crippen LogP contribution >= 0.6 is 7.52 Å². The Kier molecular flexibility index (Phi) is 3.16. The van der Waals surface area contributed by atoms with E-state index in [1.165, 1.54) is 0 Å². The zero-order valence-electron chi connectivity index (χ0n) is 8.73. The molecular weight excluding hydrogens is 199 g/mol. The minimum Gasteiger partial charge on any atom is -0.312 e. The molecule has 0 amide bonds. The van der Waals surface area contributed by atoms with Gasteiger partial charge in [-0.15, -0.1) is 0 Å². The van der Waals surface area contributed by atoms with E-state index < -0.39 is 7.52 Å². The van der Waals surface area contributed by atoms with Gasteiger partial charge in [0.05, 0.1) is 6.61 Å². The van der Waals surface area contributed by atoms with Gasteiger partial charge in [-0.05, 0) is 13.0 Å². The van der Waals surface area contributed by atoms with E-state index in [9.17, 15) is 4.57 Å². The van der Waals surface area contributed by atoms with Gasteiger partial charge in [0.25, 0.3) is 0 Å². The predicted molar refractivity (Wildman–Crippen MR) is 54.7 cm³/mol. The summed E-state index contributed by atoms with van der Waals surface area (Å²) >= 11 is 0. The molecule has 0 aromatic carbocycles. The zero-order chi connectivity index (χ0) is 10.9. The van der Waals surface area contributed by atoms with Gasteiger partial charge < -0.3 is 4.52 Å². The zero-order valence-corrected chi connectivity index (χ0v) is 9.62. The molecule has 0 radical (unpaired) electrons. The second kappa shape index (κ2) is 3.86. The molecule has 14 heavy (non-hydrogen) atoms. The smallest absolute Gasteiger partial charge is 0.312 e. The summed E-state index contributed by atoms with van der Waals surface area (Å²) in [7, 11) is -1.36. The van der Waals surface area contributed by atoms with Gasteiger partial charge in [-0.3, -0.25) is 4.57 Å². The lowest BCUT2D eigenvalue weighted by Crippen LogP contribution is -2.29. The average Bonchev–Trinajstić information content (AvgIpc) is 2.44. The van der Waals surface area contributed by atoms with Crippen LogP contribution in [0.3, 0.4) is 0 Å². The number of likely N-dealkylation sites (N-methyl/N-ethyl adjacent to an activating group) is 1. The SMILES string of the molecule is C=C(C#N)P1(=O)OCC(C(C)C)N1C. The van der Waals surface area contributed by atoms with Crippen LogP contribution in [-0.2, 0) is 9.09 Å². The Morgan fingerprint density at radius 3 is 2.71 bits per heavy atom. The summed E-state index contributed by atoms with van der Waals surface area (Å²) in [5, 5.41) is 8.71. The van der Waals surface area contributed by atoms with Gasteiger partial charge in [-0.25, -0.2) is 4.67 Å². The first kappa shape index (κ1) is 11.5. The Labute approximate surface area is 84.7 Å². The lowest BCUT2D eigenvalue weighted by molar-refractivity contribution is 0.273. The van der Waals surface area contributed by atoms with Crippen molar-refractivity contribution in [3.63, 3.8) is 0 Å². The summed E-state index contributed by atoms with van der Waals surface area (Å²) in [6, 6.07) is 1.92. The van der Waals surface area contributed by atoms with Crippen molar-refractivity contribution in [3.05, 3.63) is 11.9 Å². The lowest BCUT2D eigenvalue weighted by atomic mass is 10.1. The summed E-state index contributed by atoms with van der Waals surface area (Å²) in [6.07, 6.45) is 0. The maximum absolute atomic E-state index is 12.2. The molecule has 1 aliphatic rings. The van der Waals surface area contributed by atoms with Gasteiger partial charge in [-0.2, -0.15) is 5.26 Å². The summed E-state index contributed by atoms with van der Waals surface area (Å²) in [6.45, 7) is 7.96. The van der Waals surface area contributed by atoms with Crippen LogP contribution in [0.1, 0.15) is 13.8 Å². The van der Waals surface area contributed by atoms with Gasteiger partial charge in [0.15, 0.2) is 0 Å². The largest absolute Gasteiger partial charge is 0.312 e. The highest BCUT2D eigenvalue weighted by molar-refractivity contribution is 7.61. The first-order chi connectivity index (χ1) is 6.43.